The SMILES string of the molecule is COCCNC(=O)CNC(=O)[C@H](N)CCSC. The molecule has 0 aromatic carbocycles. The van der Waals surface area contributed by atoms with Crippen molar-refractivity contribution >= 4 is 23.6 Å². The van der Waals surface area contributed by atoms with E-state index in [2.05, 4.69) is 10.6 Å². The van der Waals surface area contributed by atoms with Gasteiger partial charge in [0.05, 0.1) is 19.2 Å². The first-order valence-electron chi connectivity index (χ1n) is 5.39. The maximum atomic E-state index is 11.4. The Labute approximate surface area is 106 Å². The molecule has 0 aliphatic rings. The van der Waals surface area contributed by atoms with Gasteiger partial charge in [0.25, 0.3) is 0 Å². The van der Waals surface area contributed by atoms with Gasteiger partial charge in [-0.2, -0.15) is 11.8 Å². The Morgan fingerprint density at radius 1 is 1.41 bits per heavy atom. The molecule has 6 nitrogen and oxygen atoms in total. The molecule has 0 unspecified atom stereocenters. The van der Waals surface area contributed by atoms with Crippen LogP contribution in [0.3, 0.4) is 0 Å². The number of carbonyl (C=O) groups excluding carboxylic acids is 2. The summed E-state index contributed by atoms with van der Waals surface area (Å²) in [6.45, 7) is 0.839. The monoisotopic (exact) mass is 263 g/mol. The topological polar surface area (TPSA) is 93.5 Å². The molecule has 0 bridgehead atoms. The van der Waals surface area contributed by atoms with E-state index in [0.717, 1.165) is 5.75 Å². The molecule has 0 aliphatic carbocycles. The molecule has 100 valence electrons. The largest absolute Gasteiger partial charge is 0.383 e. The zero-order chi connectivity index (χ0) is 13.1. The van der Waals surface area contributed by atoms with Crippen molar-refractivity contribution in [3.8, 4) is 0 Å². The van der Waals surface area contributed by atoms with E-state index in [1.807, 2.05) is 6.26 Å². The average molecular weight is 263 g/mol. The molecule has 0 radical (unpaired) electrons. The lowest BCUT2D eigenvalue weighted by Crippen LogP contribution is -2.45. The standard InChI is InChI=1S/C10H21N3O3S/c1-16-5-4-12-9(14)7-13-10(15)8(11)3-6-17-2/h8H,3-7,11H2,1-2H3,(H,12,14)(H,13,15)/t8-/m1/s1. The predicted molar refractivity (Wildman–Crippen MR) is 68.9 cm³/mol. The summed E-state index contributed by atoms with van der Waals surface area (Å²) in [6.07, 6.45) is 2.56. The van der Waals surface area contributed by atoms with E-state index in [1.54, 1.807) is 18.9 Å². The zero-order valence-electron chi connectivity index (χ0n) is 10.3. The van der Waals surface area contributed by atoms with Gasteiger partial charge in [0, 0.05) is 13.7 Å². The molecule has 17 heavy (non-hydrogen) atoms. The lowest BCUT2D eigenvalue weighted by atomic mass is 10.2. The Hall–Kier alpha value is -0.790. The van der Waals surface area contributed by atoms with Gasteiger partial charge in [-0.3, -0.25) is 9.59 Å². The quantitative estimate of drug-likeness (QED) is 0.461. The third-order valence-corrected chi connectivity index (χ3v) is 2.67. The zero-order valence-corrected chi connectivity index (χ0v) is 11.1. The van der Waals surface area contributed by atoms with Gasteiger partial charge in [-0.25, -0.2) is 0 Å². The van der Waals surface area contributed by atoms with Gasteiger partial charge in [0.2, 0.25) is 11.8 Å². The lowest BCUT2D eigenvalue weighted by molar-refractivity contribution is -0.126. The first kappa shape index (κ1) is 16.2. The number of amides is 2. The van der Waals surface area contributed by atoms with E-state index in [9.17, 15) is 9.59 Å². The van der Waals surface area contributed by atoms with Crippen molar-refractivity contribution in [3.63, 3.8) is 0 Å². The molecule has 0 rings (SSSR count). The Bertz CT molecular complexity index is 239. The fourth-order valence-electron chi connectivity index (χ4n) is 1.03. The summed E-state index contributed by atoms with van der Waals surface area (Å²) in [5.41, 5.74) is 5.63. The highest BCUT2D eigenvalue weighted by Gasteiger charge is 2.13. The van der Waals surface area contributed by atoms with Crippen molar-refractivity contribution < 1.29 is 14.3 Å². The minimum Gasteiger partial charge on any atom is -0.383 e. The van der Waals surface area contributed by atoms with Crippen LogP contribution in [0.4, 0.5) is 0 Å². The van der Waals surface area contributed by atoms with Gasteiger partial charge in [-0.15, -0.1) is 0 Å². The van der Waals surface area contributed by atoms with Gasteiger partial charge < -0.3 is 21.1 Å². The second kappa shape index (κ2) is 10.4. The van der Waals surface area contributed by atoms with Crippen LogP contribution in [0.5, 0.6) is 0 Å². The van der Waals surface area contributed by atoms with Crippen LogP contribution in [0.1, 0.15) is 6.42 Å². The number of carbonyl (C=O) groups is 2. The van der Waals surface area contributed by atoms with Crippen LogP contribution in [-0.4, -0.2) is 56.7 Å². The Morgan fingerprint density at radius 3 is 2.71 bits per heavy atom. The van der Waals surface area contributed by atoms with Gasteiger partial charge in [0.1, 0.15) is 0 Å². The predicted octanol–water partition coefficient (Wildman–Crippen LogP) is -1.05. The molecule has 0 saturated carbocycles. The Kier molecular flexibility index (Phi) is 9.89. The fraction of sp³-hybridized carbons (Fsp3) is 0.800. The van der Waals surface area contributed by atoms with E-state index >= 15 is 0 Å². The molecule has 0 aromatic heterocycles. The highest BCUT2D eigenvalue weighted by Crippen LogP contribution is 1.98. The van der Waals surface area contributed by atoms with Crippen molar-refractivity contribution in [2.75, 3.05) is 38.8 Å². The molecule has 0 heterocycles. The van der Waals surface area contributed by atoms with E-state index in [1.165, 1.54) is 0 Å². The molecule has 0 saturated heterocycles. The smallest absolute Gasteiger partial charge is 0.239 e. The average Bonchev–Trinajstić information content (AvgIpc) is 2.33. The van der Waals surface area contributed by atoms with Gasteiger partial charge >= 0.3 is 0 Å². The van der Waals surface area contributed by atoms with Crippen LogP contribution in [0.15, 0.2) is 0 Å². The van der Waals surface area contributed by atoms with E-state index in [0.29, 0.717) is 19.6 Å². The normalized spacial score (nSPS) is 11.9. The van der Waals surface area contributed by atoms with Crippen molar-refractivity contribution in [2.24, 2.45) is 5.73 Å². The van der Waals surface area contributed by atoms with Crippen LogP contribution in [-0.2, 0) is 14.3 Å². The van der Waals surface area contributed by atoms with Gasteiger partial charge in [-0.1, -0.05) is 0 Å². The van der Waals surface area contributed by atoms with Crippen LogP contribution >= 0.6 is 11.8 Å². The van der Waals surface area contributed by atoms with Crippen molar-refractivity contribution in [3.05, 3.63) is 0 Å². The molecule has 0 aromatic rings. The number of methoxy groups -OCH3 is 1. The molecule has 0 fully saturated rings. The second-order valence-electron chi connectivity index (χ2n) is 3.45. The summed E-state index contributed by atoms with van der Waals surface area (Å²) in [5, 5.41) is 5.09. The van der Waals surface area contributed by atoms with Crippen LogP contribution in [0, 0.1) is 0 Å². The molecule has 0 spiro atoms. The Morgan fingerprint density at radius 2 is 2.12 bits per heavy atom. The number of hydrogen-bond donors (Lipinski definition) is 3. The first-order valence-corrected chi connectivity index (χ1v) is 6.79. The third kappa shape index (κ3) is 8.96. The van der Waals surface area contributed by atoms with Gasteiger partial charge in [0.15, 0.2) is 0 Å². The number of thioether (sulfide) groups is 1. The number of rotatable bonds is 9. The summed E-state index contributed by atoms with van der Waals surface area (Å²) in [5.74, 6) is 0.294. The molecular weight excluding hydrogens is 242 g/mol. The maximum Gasteiger partial charge on any atom is 0.239 e. The molecule has 1 atom stereocenters. The summed E-state index contributed by atoms with van der Waals surface area (Å²) in [7, 11) is 1.55. The molecule has 4 N–H and O–H groups in total. The number of nitrogens with two attached hydrogens (primary N) is 1. The maximum absolute atomic E-state index is 11.4. The molecule has 7 heteroatoms. The highest BCUT2D eigenvalue weighted by molar-refractivity contribution is 7.98. The van der Waals surface area contributed by atoms with Crippen molar-refractivity contribution in [2.45, 2.75) is 12.5 Å². The van der Waals surface area contributed by atoms with Crippen molar-refractivity contribution in [1.29, 1.82) is 0 Å². The summed E-state index contributed by atoms with van der Waals surface area (Å²) >= 11 is 1.63. The van der Waals surface area contributed by atoms with Crippen LogP contribution < -0.4 is 16.4 Å². The number of nitrogens with one attached hydrogen (secondary N) is 2. The third-order valence-electron chi connectivity index (χ3n) is 2.02. The van der Waals surface area contributed by atoms with Crippen LogP contribution in [0.25, 0.3) is 0 Å². The second-order valence-corrected chi connectivity index (χ2v) is 4.43. The Balaban J connectivity index is 3.64. The fourth-order valence-corrected chi connectivity index (χ4v) is 1.52. The molecular formula is C10H21N3O3S. The minimum absolute atomic E-state index is 0.0461. The summed E-state index contributed by atoms with van der Waals surface area (Å²) in [4.78, 5) is 22.7. The number of hydrogen-bond acceptors (Lipinski definition) is 5. The summed E-state index contributed by atoms with van der Waals surface area (Å²) < 4.78 is 4.78. The van der Waals surface area contributed by atoms with E-state index in [4.69, 9.17) is 10.5 Å². The van der Waals surface area contributed by atoms with E-state index in [-0.39, 0.29) is 18.4 Å². The van der Waals surface area contributed by atoms with Crippen LogP contribution in [0.2, 0.25) is 0 Å². The highest BCUT2D eigenvalue weighted by atomic mass is 32.2. The molecule has 2 amide bonds. The summed E-state index contributed by atoms with van der Waals surface area (Å²) in [6, 6.07) is -0.547. The number of ether oxygens (including phenoxy) is 1. The minimum atomic E-state index is -0.547. The van der Waals surface area contributed by atoms with E-state index < -0.39 is 6.04 Å². The first-order chi connectivity index (χ1) is 8.11. The van der Waals surface area contributed by atoms with Gasteiger partial charge in [-0.05, 0) is 18.4 Å². The van der Waals surface area contributed by atoms with Crippen molar-refractivity contribution in [1.82, 2.24) is 10.6 Å². The lowest BCUT2D eigenvalue weighted by Gasteiger charge is -2.11. The molecule has 0 aliphatic heterocycles.